The topological polar surface area (TPSA) is 47.5 Å². The summed E-state index contributed by atoms with van der Waals surface area (Å²) < 4.78 is 11.1. The molecule has 2 saturated carbocycles. The van der Waals surface area contributed by atoms with E-state index in [9.17, 15) is 0 Å². The molecule has 2 fully saturated rings. The van der Waals surface area contributed by atoms with E-state index < -0.39 is 0 Å². The van der Waals surface area contributed by atoms with E-state index in [1.807, 2.05) is 12.1 Å². The van der Waals surface area contributed by atoms with Crippen LogP contribution in [-0.2, 0) is 11.3 Å². The van der Waals surface area contributed by atoms with E-state index in [1.54, 1.807) is 7.11 Å². The molecule has 0 radical (unpaired) electrons. The average molecular weight is 305 g/mol. The third-order valence-electron chi connectivity index (χ3n) is 5.49. The summed E-state index contributed by atoms with van der Waals surface area (Å²) in [5, 5.41) is 8.32. The summed E-state index contributed by atoms with van der Waals surface area (Å²) >= 11 is 0. The fourth-order valence-electron chi connectivity index (χ4n) is 4.38. The first-order valence-electron chi connectivity index (χ1n) is 8.38. The van der Waals surface area contributed by atoms with Gasteiger partial charge in [0.2, 0.25) is 5.88 Å². The number of methoxy groups -OCH3 is 1. The maximum Gasteiger partial charge on any atom is 0.233 e. The number of rotatable bonds is 6. The Morgan fingerprint density at radius 3 is 2.64 bits per heavy atom. The van der Waals surface area contributed by atoms with Crippen molar-refractivity contribution in [2.24, 2.45) is 5.41 Å². The van der Waals surface area contributed by atoms with Gasteiger partial charge in [-0.1, -0.05) is 12.8 Å². The van der Waals surface area contributed by atoms with E-state index in [1.165, 1.54) is 25.7 Å². The lowest BCUT2D eigenvalue weighted by Gasteiger charge is -2.57. The molecular weight excluding hydrogens is 278 g/mol. The van der Waals surface area contributed by atoms with E-state index in [0.717, 1.165) is 25.3 Å². The molecule has 122 valence electrons. The molecule has 1 spiro atoms. The molecule has 2 atom stereocenters. The maximum absolute atomic E-state index is 6.01. The van der Waals surface area contributed by atoms with Gasteiger partial charge >= 0.3 is 0 Å². The fraction of sp³-hybridized carbons (Fsp3) is 0.765. The summed E-state index contributed by atoms with van der Waals surface area (Å²) in [5.41, 5.74) is 1.38. The van der Waals surface area contributed by atoms with Gasteiger partial charge in [0.1, 0.15) is 0 Å². The van der Waals surface area contributed by atoms with Gasteiger partial charge in [0.05, 0.1) is 18.9 Å². The normalized spacial score (nSPS) is 26.4. The summed E-state index contributed by atoms with van der Waals surface area (Å²) in [4.78, 5) is 2.44. The van der Waals surface area contributed by atoms with Crippen LogP contribution in [0.5, 0.6) is 5.88 Å². The molecule has 22 heavy (non-hydrogen) atoms. The predicted molar refractivity (Wildman–Crippen MR) is 84.8 cm³/mol. The monoisotopic (exact) mass is 305 g/mol. The molecule has 0 unspecified atom stereocenters. The van der Waals surface area contributed by atoms with Crippen molar-refractivity contribution in [3.8, 4) is 5.88 Å². The molecule has 2 aliphatic rings. The van der Waals surface area contributed by atoms with Gasteiger partial charge < -0.3 is 9.47 Å². The molecule has 5 nitrogen and oxygen atoms in total. The molecule has 0 bridgehead atoms. The second kappa shape index (κ2) is 6.50. The predicted octanol–water partition coefficient (Wildman–Crippen LogP) is 2.65. The van der Waals surface area contributed by atoms with Crippen molar-refractivity contribution in [3.05, 3.63) is 17.8 Å². The molecule has 0 amide bonds. The molecule has 0 N–H and O–H groups in total. The van der Waals surface area contributed by atoms with Gasteiger partial charge in [0, 0.05) is 30.7 Å². The van der Waals surface area contributed by atoms with Gasteiger partial charge in [0.15, 0.2) is 0 Å². The Balaban J connectivity index is 1.65. The lowest BCUT2D eigenvalue weighted by Crippen LogP contribution is -2.62. The van der Waals surface area contributed by atoms with Crippen LogP contribution in [0, 0.1) is 5.41 Å². The van der Waals surface area contributed by atoms with Crippen molar-refractivity contribution >= 4 is 0 Å². The molecule has 1 aromatic rings. The van der Waals surface area contributed by atoms with Crippen LogP contribution in [0.4, 0.5) is 0 Å². The summed E-state index contributed by atoms with van der Waals surface area (Å²) in [6.45, 7) is 3.77. The highest BCUT2D eigenvalue weighted by molar-refractivity contribution is 5.14. The van der Waals surface area contributed by atoms with Crippen molar-refractivity contribution in [3.63, 3.8) is 0 Å². The first-order valence-corrected chi connectivity index (χ1v) is 8.38. The van der Waals surface area contributed by atoms with E-state index >= 15 is 0 Å². The first kappa shape index (κ1) is 15.7. The van der Waals surface area contributed by atoms with Crippen molar-refractivity contribution in [2.45, 2.75) is 57.7 Å². The molecular formula is C17H27N3O2. The van der Waals surface area contributed by atoms with E-state index in [4.69, 9.17) is 9.47 Å². The Kier molecular flexibility index (Phi) is 4.64. The van der Waals surface area contributed by atoms with E-state index in [-0.39, 0.29) is 0 Å². The van der Waals surface area contributed by atoms with Crippen LogP contribution in [0.1, 0.15) is 44.7 Å². The Labute approximate surface area is 133 Å². The zero-order valence-corrected chi connectivity index (χ0v) is 13.9. The van der Waals surface area contributed by atoms with Gasteiger partial charge in [-0.15, -0.1) is 5.10 Å². The summed E-state index contributed by atoms with van der Waals surface area (Å²) in [5.74, 6) is 0.568. The molecule has 0 aliphatic heterocycles. The van der Waals surface area contributed by atoms with Crippen molar-refractivity contribution < 1.29 is 9.47 Å². The Morgan fingerprint density at radius 2 is 2.05 bits per heavy atom. The maximum atomic E-state index is 6.01. The number of aromatic nitrogens is 2. The van der Waals surface area contributed by atoms with Crippen LogP contribution >= 0.6 is 0 Å². The molecule has 3 rings (SSSR count). The second-order valence-electron chi connectivity index (χ2n) is 6.62. The van der Waals surface area contributed by atoms with Crippen molar-refractivity contribution in [1.82, 2.24) is 15.1 Å². The molecule has 0 saturated heterocycles. The first-order chi connectivity index (χ1) is 10.7. The Morgan fingerprint density at radius 1 is 1.27 bits per heavy atom. The Bertz CT molecular complexity index is 485. The van der Waals surface area contributed by atoms with Gasteiger partial charge in [-0.3, -0.25) is 4.90 Å². The molecule has 1 aromatic heterocycles. The van der Waals surface area contributed by atoms with Gasteiger partial charge in [0.25, 0.3) is 0 Å². The van der Waals surface area contributed by atoms with E-state index in [0.29, 0.717) is 23.4 Å². The highest BCUT2D eigenvalue weighted by Crippen LogP contribution is 2.56. The average Bonchev–Trinajstić information content (AvgIpc) is 3.04. The minimum absolute atomic E-state index is 0.380. The lowest BCUT2D eigenvalue weighted by molar-refractivity contribution is -0.162. The highest BCUT2D eigenvalue weighted by Gasteiger charge is 2.57. The van der Waals surface area contributed by atoms with Crippen LogP contribution in [0.25, 0.3) is 0 Å². The highest BCUT2D eigenvalue weighted by atomic mass is 16.5. The minimum Gasteiger partial charge on any atom is -0.480 e. The zero-order chi connectivity index (χ0) is 15.6. The molecule has 2 aliphatic carbocycles. The fourth-order valence-corrected chi connectivity index (χ4v) is 4.38. The number of hydrogen-bond acceptors (Lipinski definition) is 5. The van der Waals surface area contributed by atoms with Gasteiger partial charge in [-0.05, 0) is 39.3 Å². The standard InChI is InChI=1S/C17H27N3O2/c1-4-22-15-11-14(17(15)9-5-6-10-17)20(2)12-13-7-8-16(21-3)19-18-13/h7-8,14-15H,4-6,9-12H2,1-3H3/t14-,15-/m1/s1. The zero-order valence-electron chi connectivity index (χ0n) is 13.9. The molecule has 1 heterocycles. The van der Waals surface area contributed by atoms with Crippen molar-refractivity contribution in [2.75, 3.05) is 20.8 Å². The summed E-state index contributed by atoms with van der Waals surface area (Å²) in [6, 6.07) is 4.49. The van der Waals surface area contributed by atoms with Crippen LogP contribution in [0.3, 0.4) is 0 Å². The molecule has 0 aromatic carbocycles. The van der Waals surface area contributed by atoms with Gasteiger partial charge in [-0.25, -0.2) is 0 Å². The summed E-state index contributed by atoms with van der Waals surface area (Å²) in [7, 11) is 3.82. The van der Waals surface area contributed by atoms with Crippen LogP contribution in [-0.4, -0.2) is 48.0 Å². The van der Waals surface area contributed by atoms with Crippen LogP contribution < -0.4 is 4.74 Å². The summed E-state index contributed by atoms with van der Waals surface area (Å²) in [6.07, 6.45) is 6.90. The van der Waals surface area contributed by atoms with Crippen LogP contribution in [0.15, 0.2) is 12.1 Å². The minimum atomic E-state index is 0.380. The second-order valence-corrected chi connectivity index (χ2v) is 6.62. The third-order valence-corrected chi connectivity index (χ3v) is 5.49. The smallest absolute Gasteiger partial charge is 0.233 e. The Hall–Kier alpha value is -1.20. The van der Waals surface area contributed by atoms with E-state index in [2.05, 4.69) is 29.1 Å². The third kappa shape index (κ3) is 2.72. The van der Waals surface area contributed by atoms with Crippen molar-refractivity contribution in [1.29, 1.82) is 0 Å². The quantitative estimate of drug-likeness (QED) is 0.808. The molecule has 5 heteroatoms. The number of hydrogen-bond donors (Lipinski definition) is 0. The lowest BCUT2D eigenvalue weighted by atomic mass is 9.60. The van der Waals surface area contributed by atoms with Crippen LogP contribution in [0.2, 0.25) is 0 Å². The largest absolute Gasteiger partial charge is 0.480 e. The number of nitrogens with zero attached hydrogens (tertiary/aromatic N) is 3. The SMILES string of the molecule is CCO[C@@H]1C[C@@H](N(C)Cc2ccc(OC)nn2)C12CCCC2. The number of ether oxygens (including phenoxy) is 2. The van der Waals surface area contributed by atoms with Gasteiger partial charge in [-0.2, -0.15) is 5.10 Å².